The summed E-state index contributed by atoms with van der Waals surface area (Å²) in [5.74, 6) is 0. The second kappa shape index (κ2) is 8.18. The van der Waals surface area contributed by atoms with Crippen molar-refractivity contribution in [3.05, 3.63) is 47.8 Å². The molecule has 0 amide bonds. The van der Waals surface area contributed by atoms with E-state index in [4.69, 9.17) is 4.74 Å². The van der Waals surface area contributed by atoms with Crippen molar-refractivity contribution in [3.63, 3.8) is 0 Å². The molecule has 0 aliphatic carbocycles. The number of nitrogens with one attached hydrogen (secondary N) is 1. The zero-order chi connectivity index (χ0) is 19.7. The van der Waals surface area contributed by atoms with E-state index in [2.05, 4.69) is 20.6 Å². The van der Waals surface area contributed by atoms with Crippen molar-refractivity contribution in [3.8, 4) is 0 Å². The van der Waals surface area contributed by atoms with E-state index in [0.29, 0.717) is 17.4 Å². The lowest BCUT2D eigenvalue weighted by molar-refractivity contribution is -0.160. The Labute approximate surface area is 166 Å². The molecule has 2 aliphatic rings. The van der Waals surface area contributed by atoms with Gasteiger partial charge in [0.15, 0.2) is 5.17 Å². The van der Waals surface area contributed by atoms with E-state index in [0.717, 1.165) is 5.56 Å². The molecule has 2 fully saturated rings. The highest BCUT2D eigenvalue weighted by Crippen LogP contribution is 2.34. The molecule has 6 unspecified atom stereocenters. The number of aromatic nitrogens is 3. The maximum Gasteiger partial charge on any atom is 0.159 e. The lowest BCUT2D eigenvalue weighted by atomic mass is 9.98. The number of nitrogens with zero attached hydrogens (tertiary/aromatic N) is 4. The molecule has 10 heteroatoms. The van der Waals surface area contributed by atoms with Crippen LogP contribution in [0.4, 0.5) is 0 Å². The van der Waals surface area contributed by atoms with Crippen LogP contribution in [0.3, 0.4) is 0 Å². The van der Waals surface area contributed by atoms with Crippen LogP contribution in [-0.2, 0) is 11.3 Å². The first-order valence-electron chi connectivity index (χ1n) is 9.19. The lowest BCUT2D eigenvalue weighted by Gasteiger charge is -2.38. The van der Waals surface area contributed by atoms with Crippen molar-refractivity contribution in [1.82, 2.24) is 20.3 Å². The molecular formula is C18H23N5O4S. The minimum atomic E-state index is -1.08. The molecule has 0 saturated carbocycles. The van der Waals surface area contributed by atoms with Gasteiger partial charge in [-0.25, -0.2) is 4.68 Å². The van der Waals surface area contributed by atoms with Gasteiger partial charge in [0.1, 0.15) is 35.5 Å². The number of hydrogen-bond donors (Lipinski definition) is 4. The number of thioether (sulfide) groups is 1. The molecule has 2 aromatic rings. The van der Waals surface area contributed by atoms with Crippen molar-refractivity contribution in [2.45, 2.75) is 49.4 Å². The predicted molar refractivity (Wildman–Crippen MR) is 104 cm³/mol. The van der Waals surface area contributed by atoms with Crippen LogP contribution >= 0.6 is 11.8 Å². The highest BCUT2D eigenvalue weighted by atomic mass is 32.2. The number of amidine groups is 1. The SMILES string of the molecule is CCN=C1NC2C(OC(Cn3cc(C(O)c4ccccc4)nn3)C(O)C2O)S1. The summed E-state index contributed by atoms with van der Waals surface area (Å²) in [4.78, 5) is 4.31. The number of rotatable bonds is 5. The fourth-order valence-corrected chi connectivity index (χ4v) is 4.57. The number of aliphatic hydroxyl groups is 3. The third kappa shape index (κ3) is 3.78. The molecule has 6 atom stereocenters. The third-order valence-electron chi connectivity index (χ3n) is 4.84. The fraction of sp³-hybridized carbons (Fsp3) is 0.500. The van der Waals surface area contributed by atoms with Crippen molar-refractivity contribution >= 4 is 16.9 Å². The van der Waals surface area contributed by atoms with Crippen molar-refractivity contribution in [2.75, 3.05) is 6.54 Å². The molecule has 0 bridgehead atoms. The van der Waals surface area contributed by atoms with Crippen LogP contribution in [0.25, 0.3) is 0 Å². The van der Waals surface area contributed by atoms with E-state index in [-0.39, 0.29) is 12.0 Å². The standard InChI is InChI=1S/C18H23N5O4S/c1-2-19-18-20-13-16(26)15(25)12(27-17(13)28-18)9-23-8-11(21-22-23)14(24)10-6-4-3-5-7-10/h3-8,12-17,24-26H,2,9H2,1H3,(H,19,20). The Morgan fingerprint density at radius 3 is 2.82 bits per heavy atom. The zero-order valence-electron chi connectivity index (χ0n) is 15.3. The summed E-state index contributed by atoms with van der Waals surface area (Å²) in [5.41, 5.74) is 0.786. The molecule has 0 radical (unpaired) electrons. The lowest BCUT2D eigenvalue weighted by Crippen LogP contribution is -2.59. The van der Waals surface area contributed by atoms with Crippen LogP contribution < -0.4 is 5.32 Å². The average Bonchev–Trinajstić information content (AvgIpc) is 3.33. The Bertz CT molecular complexity index is 832. The highest BCUT2D eigenvalue weighted by molar-refractivity contribution is 8.14. The van der Waals surface area contributed by atoms with Crippen LogP contribution in [0.1, 0.15) is 24.3 Å². The monoisotopic (exact) mass is 405 g/mol. The van der Waals surface area contributed by atoms with Crippen LogP contribution in [-0.4, -0.2) is 71.8 Å². The Balaban J connectivity index is 1.45. The predicted octanol–water partition coefficient (Wildman–Crippen LogP) is -0.113. The van der Waals surface area contributed by atoms with Gasteiger partial charge >= 0.3 is 0 Å². The Hall–Kier alpha value is -1.98. The summed E-state index contributed by atoms with van der Waals surface area (Å²) in [6.45, 7) is 2.76. The summed E-state index contributed by atoms with van der Waals surface area (Å²) in [5, 5.41) is 43.3. The van der Waals surface area contributed by atoms with E-state index < -0.39 is 30.5 Å². The summed E-state index contributed by atoms with van der Waals surface area (Å²) < 4.78 is 7.50. The van der Waals surface area contributed by atoms with E-state index in [1.807, 2.05) is 37.3 Å². The second-order valence-electron chi connectivity index (χ2n) is 6.77. The largest absolute Gasteiger partial charge is 0.388 e. The van der Waals surface area contributed by atoms with Gasteiger partial charge in [-0.15, -0.1) is 5.10 Å². The minimum absolute atomic E-state index is 0.205. The number of ether oxygens (including phenoxy) is 1. The van der Waals surface area contributed by atoms with Crippen LogP contribution in [0.2, 0.25) is 0 Å². The molecule has 2 saturated heterocycles. The number of fused-ring (bicyclic) bond motifs is 1. The summed E-state index contributed by atoms with van der Waals surface area (Å²) in [7, 11) is 0. The smallest absolute Gasteiger partial charge is 0.159 e. The van der Waals surface area contributed by atoms with Gasteiger partial charge in [0.25, 0.3) is 0 Å². The van der Waals surface area contributed by atoms with Gasteiger partial charge in [-0.1, -0.05) is 47.3 Å². The van der Waals surface area contributed by atoms with Crippen LogP contribution in [0, 0.1) is 0 Å². The van der Waals surface area contributed by atoms with E-state index in [1.54, 1.807) is 6.20 Å². The first-order valence-corrected chi connectivity index (χ1v) is 10.1. The molecule has 0 spiro atoms. The van der Waals surface area contributed by atoms with Crippen LogP contribution in [0.15, 0.2) is 41.5 Å². The number of aliphatic imine (C=N–C) groups is 1. The van der Waals surface area contributed by atoms with Gasteiger partial charge in [0.05, 0.1) is 18.8 Å². The van der Waals surface area contributed by atoms with Crippen molar-refractivity contribution in [2.24, 2.45) is 4.99 Å². The molecule has 4 N–H and O–H groups in total. The van der Waals surface area contributed by atoms with Crippen molar-refractivity contribution in [1.29, 1.82) is 0 Å². The van der Waals surface area contributed by atoms with Gasteiger partial charge in [-0.3, -0.25) is 4.99 Å². The van der Waals surface area contributed by atoms with E-state index >= 15 is 0 Å². The third-order valence-corrected chi connectivity index (χ3v) is 5.95. The summed E-state index contributed by atoms with van der Waals surface area (Å²) >= 11 is 1.41. The number of aliphatic hydroxyl groups excluding tert-OH is 3. The molecule has 1 aromatic carbocycles. The molecule has 9 nitrogen and oxygen atoms in total. The summed E-state index contributed by atoms with van der Waals surface area (Å²) in [6.07, 6.45) is -1.99. The van der Waals surface area contributed by atoms with E-state index in [1.165, 1.54) is 16.4 Å². The van der Waals surface area contributed by atoms with Gasteiger partial charge < -0.3 is 25.4 Å². The van der Waals surface area contributed by atoms with Gasteiger partial charge in [0.2, 0.25) is 0 Å². The van der Waals surface area contributed by atoms with Crippen LogP contribution in [0.5, 0.6) is 0 Å². The maximum atomic E-state index is 10.5. The molecule has 3 heterocycles. The quantitative estimate of drug-likeness (QED) is 0.543. The Kier molecular flexibility index (Phi) is 5.65. The van der Waals surface area contributed by atoms with Gasteiger partial charge in [0, 0.05) is 6.54 Å². The van der Waals surface area contributed by atoms with Gasteiger partial charge in [-0.2, -0.15) is 0 Å². The molecule has 4 rings (SSSR count). The molecule has 150 valence electrons. The molecule has 2 aliphatic heterocycles. The number of benzene rings is 1. The fourth-order valence-electron chi connectivity index (χ4n) is 3.37. The van der Waals surface area contributed by atoms with Gasteiger partial charge in [-0.05, 0) is 12.5 Å². The first kappa shape index (κ1) is 19.3. The second-order valence-corrected chi connectivity index (χ2v) is 7.86. The number of hydrogen-bond acceptors (Lipinski definition) is 8. The Morgan fingerprint density at radius 1 is 1.29 bits per heavy atom. The average molecular weight is 405 g/mol. The summed E-state index contributed by atoms with van der Waals surface area (Å²) in [6, 6.07) is 8.78. The first-order chi connectivity index (χ1) is 13.6. The van der Waals surface area contributed by atoms with E-state index in [9.17, 15) is 15.3 Å². The zero-order valence-corrected chi connectivity index (χ0v) is 16.1. The highest BCUT2D eigenvalue weighted by Gasteiger charge is 2.49. The minimum Gasteiger partial charge on any atom is -0.388 e. The normalized spacial score (nSPS) is 32.1. The maximum absolute atomic E-state index is 10.5. The van der Waals surface area contributed by atoms with Crippen molar-refractivity contribution < 1.29 is 20.1 Å². The molecular weight excluding hydrogens is 382 g/mol. The molecule has 28 heavy (non-hydrogen) atoms. The molecule has 1 aromatic heterocycles. The topological polar surface area (TPSA) is 125 Å². The Morgan fingerprint density at radius 2 is 2.07 bits per heavy atom.